The molecule has 0 aliphatic heterocycles. The van der Waals surface area contributed by atoms with Crippen LogP contribution in [0.3, 0.4) is 0 Å². The summed E-state index contributed by atoms with van der Waals surface area (Å²) in [6.45, 7) is 1.32. The van der Waals surface area contributed by atoms with E-state index in [1.807, 2.05) is 0 Å². The molecule has 1 amide bonds. The molecule has 0 atom stereocenters. The Bertz CT molecular complexity index is 650. The van der Waals surface area contributed by atoms with Crippen molar-refractivity contribution >= 4 is 17.6 Å². The third-order valence-electron chi connectivity index (χ3n) is 2.71. The highest BCUT2D eigenvalue weighted by molar-refractivity contribution is 6.04. The average molecular weight is 285 g/mol. The predicted molar refractivity (Wildman–Crippen MR) is 78.7 cm³/mol. The van der Waals surface area contributed by atoms with E-state index >= 15 is 0 Å². The minimum absolute atomic E-state index is 0.252. The maximum absolute atomic E-state index is 12.1. The highest BCUT2D eigenvalue weighted by atomic mass is 16.5. The molecule has 5 heteroatoms. The summed E-state index contributed by atoms with van der Waals surface area (Å²) in [5.74, 6) is 0.416. The van der Waals surface area contributed by atoms with Crippen LogP contribution in [0.15, 0.2) is 48.5 Å². The number of ether oxygens (including phenoxy) is 2. The lowest BCUT2D eigenvalue weighted by Gasteiger charge is -2.07. The van der Waals surface area contributed by atoms with Crippen molar-refractivity contribution in [1.82, 2.24) is 0 Å². The van der Waals surface area contributed by atoms with Crippen molar-refractivity contribution in [3.63, 3.8) is 0 Å². The number of methoxy groups -OCH3 is 1. The van der Waals surface area contributed by atoms with Gasteiger partial charge >= 0.3 is 5.97 Å². The van der Waals surface area contributed by atoms with E-state index in [1.54, 1.807) is 55.6 Å². The lowest BCUT2D eigenvalue weighted by atomic mass is 10.2. The quantitative estimate of drug-likeness (QED) is 0.693. The fourth-order valence-electron chi connectivity index (χ4n) is 1.74. The highest BCUT2D eigenvalue weighted by Gasteiger charge is 2.07. The van der Waals surface area contributed by atoms with Crippen molar-refractivity contribution in [2.24, 2.45) is 0 Å². The fraction of sp³-hybridized carbons (Fsp3) is 0.125. The number of esters is 1. The van der Waals surface area contributed by atoms with Gasteiger partial charge in [-0.05, 0) is 36.4 Å². The monoisotopic (exact) mass is 285 g/mol. The molecule has 2 aromatic carbocycles. The first-order valence-corrected chi connectivity index (χ1v) is 6.32. The van der Waals surface area contributed by atoms with Gasteiger partial charge < -0.3 is 14.8 Å². The minimum Gasteiger partial charge on any atom is -0.497 e. The number of carbonyl (C=O) groups excluding carboxylic acids is 2. The van der Waals surface area contributed by atoms with E-state index in [-0.39, 0.29) is 5.91 Å². The zero-order valence-electron chi connectivity index (χ0n) is 11.8. The van der Waals surface area contributed by atoms with E-state index in [4.69, 9.17) is 9.47 Å². The Hall–Kier alpha value is -2.82. The van der Waals surface area contributed by atoms with E-state index in [9.17, 15) is 9.59 Å². The van der Waals surface area contributed by atoms with Crippen molar-refractivity contribution in [2.45, 2.75) is 6.92 Å². The molecule has 0 aliphatic carbocycles. The van der Waals surface area contributed by atoms with Crippen LogP contribution in [0.5, 0.6) is 11.5 Å². The van der Waals surface area contributed by atoms with Gasteiger partial charge in [0.25, 0.3) is 5.91 Å². The minimum atomic E-state index is -0.399. The summed E-state index contributed by atoms with van der Waals surface area (Å²) in [7, 11) is 1.56. The van der Waals surface area contributed by atoms with Gasteiger partial charge in [-0.15, -0.1) is 0 Å². The van der Waals surface area contributed by atoms with Gasteiger partial charge in [0.1, 0.15) is 11.5 Å². The molecule has 0 aliphatic rings. The summed E-state index contributed by atoms with van der Waals surface area (Å²) in [4.78, 5) is 22.9. The molecule has 5 nitrogen and oxygen atoms in total. The Morgan fingerprint density at radius 1 is 1.00 bits per heavy atom. The second-order valence-electron chi connectivity index (χ2n) is 4.30. The Morgan fingerprint density at radius 2 is 1.71 bits per heavy atom. The fourth-order valence-corrected chi connectivity index (χ4v) is 1.74. The van der Waals surface area contributed by atoms with Crippen LogP contribution in [-0.4, -0.2) is 19.0 Å². The number of hydrogen-bond donors (Lipinski definition) is 1. The molecule has 21 heavy (non-hydrogen) atoms. The summed E-state index contributed by atoms with van der Waals surface area (Å²) in [6.07, 6.45) is 0. The van der Waals surface area contributed by atoms with Gasteiger partial charge in [0.15, 0.2) is 0 Å². The predicted octanol–water partition coefficient (Wildman–Crippen LogP) is 2.87. The third kappa shape index (κ3) is 4.07. The Morgan fingerprint density at radius 3 is 2.33 bits per heavy atom. The average Bonchev–Trinajstić information content (AvgIpc) is 2.47. The van der Waals surface area contributed by atoms with Crippen LogP contribution in [-0.2, 0) is 4.79 Å². The number of amides is 1. The second kappa shape index (κ2) is 6.56. The Kier molecular flexibility index (Phi) is 4.56. The molecule has 0 spiro atoms. The van der Waals surface area contributed by atoms with Gasteiger partial charge in [-0.2, -0.15) is 0 Å². The van der Waals surface area contributed by atoms with Crippen LogP contribution < -0.4 is 14.8 Å². The number of hydrogen-bond acceptors (Lipinski definition) is 4. The van der Waals surface area contributed by atoms with Gasteiger partial charge in [0.2, 0.25) is 0 Å². The van der Waals surface area contributed by atoms with E-state index in [0.29, 0.717) is 22.7 Å². The molecule has 0 fully saturated rings. The van der Waals surface area contributed by atoms with Crippen molar-refractivity contribution in [1.29, 1.82) is 0 Å². The first-order valence-electron chi connectivity index (χ1n) is 6.32. The topological polar surface area (TPSA) is 64.6 Å². The molecule has 0 radical (unpaired) electrons. The van der Waals surface area contributed by atoms with Crippen molar-refractivity contribution in [2.75, 3.05) is 12.4 Å². The SMILES string of the molecule is COc1cccc(NC(=O)c2ccc(OC(C)=O)cc2)c1. The van der Waals surface area contributed by atoms with Crippen LogP contribution in [0, 0.1) is 0 Å². The molecule has 2 aromatic rings. The summed E-state index contributed by atoms with van der Waals surface area (Å²) in [5.41, 5.74) is 1.11. The molecular weight excluding hydrogens is 270 g/mol. The maximum atomic E-state index is 12.1. The maximum Gasteiger partial charge on any atom is 0.308 e. The molecule has 0 saturated heterocycles. The second-order valence-corrected chi connectivity index (χ2v) is 4.30. The van der Waals surface area contributed by atoms with Gasteiger partial charge in [0.05, 0.1) is 7.11 Å². The first-order chi connectivity index (χ1) is 10.1. The normalized spacial score (nSPS) is 9.81. The Labute approximate surface area is 122 Å². The van der Waals surface area contributed by atoms with E-state index in [2.05, 4.69) is 5.32 Å². The number of rotatable bonds is 4. The number of anilines is 1. The van der Waals surface area contributed by atoms with Crippen LogP contribution in [0.25, 0.3) is 0 Å². The van der Waals surface area contributed by atoms with Crippen molar-refractivity contribution < 1.29 is 19.1 Å². The van der Waals surface area contributed by atoms with Gasteiger partial charge in [0, 0.05) is 24.2 Å². The summed E-state index contributed by atoms with van der Waals surface area (Å²) in [6, 6.07) is 13.4. The molecular formula is C16H15NO4. The van der Waals surface area contributed by atoms with E-state index in [0.717, 1.165) is 0 Å². The summed E-state index contributed by atoms with van der Waals surface area (Å²) in [5, 5.41) is 2.77. The summed E-state index contributed by atoms with van der Waals surface area (Å²) < 4.78 is 10.0. The zero-order valence-corrected chi connectivity index (χ0v) is 11.8. The molecule has 0 aromatic heterocycles. The van der Waals surface area contributed by atoms with Gasteiger partial charge in [-0.3, -0.25) is 9.59 Å². The molecule has 0 saturated carbocycles. The van der Waals surface area contributed by atoms with Crippen LogP contribution in [0.4, 0.5) is 5.69 Å². The standard InChI is InChI=1S/C16H15NO4/c1-11(18)21-14-8-6-12(7-9-14)16(19)17-13-4-3-5-15(10-13)20-2/h3-10H,1-2H3,(H,17,19). The van der Waals surface area contributed by atoms with E-state index in [1.165, 1.54) is 6.92 Å². The lowest BCUT2D eigenvalue weighted by Crippen LogP contribution is -2.12. The third-order valence-corrected chi connectivity index (χ3v) is 2.71. The van der Waals surface area contributed by atoms with Crippen molar-refractivity contribution in [3.05, 3.63) is 54.1 Å². The number of nitrogens with one attached hydrogen (secondary N) is 1. The zero-order chi connectivity index (χ0) is 15.2. The molecule has 2 rings (SSSR count). The van der Waals surface area contributed by atoms with E-state index < -0.39 is 5.97 Å². The molecule has 0 heterocycles. The van der Waals surface area contributed by atoms with Gasteiger partial charge in [-0.1, -0.05) is 6.07 Å². The summed E-state index contributed by atoms with van der Waals surface area (Å²) >= 11 is 0. The number of benzene rings is 2. The molecule has 0 unspecified atom stereocenters. The van der Waals surface area contributed by atoms with Crippen LogP contribution in [0.2, 0.25) is 0 Å². The van der Waals surface area contributed by atoms with Crippen molar-refractivity contribution in [3.8, 4) is 11.5 Å². The smallest absolute Gasteiger partial charge is 0.308 e. The van der Waals surface area contributed by atoms with Gasteiger partial charge in [-0.25, -0.2) is 0 Å². The Balaban J connectivity index is 2.07. The molecule has 108 valence electrons. The van der Waals surface area contributed by atoms with Crippen LogP contribution >= 0.6 is 0 Å². The largest absolute Gasteiger partial charge is 0.497 e. The number of carbonyl (C=O) groups is 2. The highest BCUT2D eigenvalue weighted by Crippen LogP contribution is 2.18. The molecule has 1 N–H and O–H groups in total. The lowest BCUT2D eigenvalue weighted by molar-refractivity contribution is -0.131. The first kappa shape index (κ1) is 14.6. The van der Waals surface area contributed by atoms with Crippen LogP contribution in [0.1, 0.15) is 17.3 Å². The molecule has 0 bridgehead atoms.